The zero-order valence-electron chi connectivity index (χ0n) is 17.8. The first-order valence-electron chi connectivity index (χ1n) is 9.90. The van der Waals surface area contributed by atoms with E-state index in [0.29, 0.717) is 18.2 Å². The molecule has 0 N–H and O–H groups in total. The van der Waals surface area contributed by atoms with Crippen molar-refractivity contribution in [3.05, 3.63) is 53.6 Å². The lowest BCUT2D eigenvalue weighted by molar-refractivity contribution is -0.141. The van der Waals surface area contributed by atoms with Crippen LogP contribution in [0.25, 0.3) is 0 Å². The molecular weight excluding hydrogens is 493 g/mol. The minimum Gasteiger partial charge on any atom is -0.311 e. The maximum Gasteiger partial charge on any atom is 0.433 e. The van der Waals surface area contributed by atoms with Crippen molar-refractivity contribution in [1.82, 2.24) is 4.98 Å². The molecule has 0 bridgehead atoms. The summed E-state index contributed by atoms with van der Waals surface area (Å²) in [4.78, 5) is 16.3. The predicted octanol–water partition coefficient (Wildman–Crippen LogP) is 5.25. The van der Waals surface area contributed by atoms with Crippen LogP contribution in [-0.4, -0.2) is 30.6 Å². The number of halogens is 7. The van der Waals surface area contributed by atoms with Crippen molar-refractivity contribution in [2.45, 2.75) is 48.7 Å². The molecule has 1 aliphatic heterocycles. The van der Waals surface area contributed by atoms with Crippen LogP contribution in [0.2, 0.25) is 0 Å². The van der Waals surface area contributed by atoms with Gasteiger partial charge in [-0.1, -0.05) is 0 Å². The maximum atomic E-state index is 13.8. The Bertz CT molecular complexity index is 1190. The van der Waals surface area contributed by atoms with Gasteiger partial charge in [-0.25, -0.2) is 17.8 Å². The largest absolute Gasteiger partial charge is 0.433 e. The molecule has 186 valence electrons. The van der Waals surface area contributed by atoms with Gasteiger partial charge in [0.05, 0.1) is 27.1 Å². The molecule has 1 amide bonds. The van der Waals surface area contributed by atoms with E-state index in [1.54, 1.807) is 0 Å². The van der Waals surface area contributed by atoms with E-state index in [1.807, 2.05) is 0 Å². The van der Waals surface area contributed by atoms with E-state index in [2.05, 4.69) is 4.98 Å². The Balaban J connectivity index is 1.85. The van der Waals surface area contributed by atoms with Crippen molar-refractivity contribution < 1.29 is 43.9 Å². The van der Waals surface area contributed by atoms with Crippen molar-refractivity contribution in [1.29, 1.82) is 0 Å². The van der Waals surface area contributed by atoms with E-state index in [9.17, 15) is 43.9 Å². The number of pyridine rings is 1. The predicted molar refractivity (Wildman–Crippen MR) is 107 cm³/mol. The monoisotopic (exact) mass is 512 g/mol. The molecular formula is C21H19F7N2O3S. The molecule has 0 aliphatic carbocycles. The first-order valence-corrected chi connectivity index (χ1v) is 11.4. The number of carbonyl (C=O) groups excluding carboxylic acids is 1. The van der Waals surface area contributed by atoms with E-state index in [1.165, 1.54) is 13.8 Å². The molecule has 0 radical (unpaired) electrons. The second-order valence-corrected chi connectivity index (χ2v) is 10.9. The highest BCUT2D eigenvalue weighted by molar-refractivity contribution is 7.92. The number of benzene rings is 1. The Morgan fingerprint density at radius 2 is 1.65 bits per heavy atom. The van der Waals surface area contributed by atoms with Gasteiger partial charge < -0.3 is 4.90 Å². The molecule has 0 unspecified atom stereocenters. The van der Waals surface area contributed by atoms with Gasteiger partial charge in [-0.3, -0.25) is 4.79 Å². The summed E-state index contributed by atoms with van der Waals surface area (Å²) in [5.74, 6) is -2.80. The lowest BCUT2D eigenvalue weighted by Crippen LogP contribution is -2.48. The minimum atomic E-state index is -4.96. The van der Waals surface area contributed by atoms with Gasteiger partial charge in [-0.05, 0) is 56.5 Å². The van der Waals surface area contributed by atoms with Gasteiger partial charge in [0, 0.05) is 13.0 Å². The Kier molecular flexibility index (Phi) is 6.48. The average Bonchev–Trinajstić information content (AvgIpc) is 2.72. The highest BCUT2D eigenvalue weighted by Gasteiger charge is 2.47. The molecule has 1 atom stereocenters. The van der Waals surface area contributed by atoms with Crippen LogP contribution in [0.4, 0.5) is 36.4 Å². The zero-order valence-corrected chi connectivity index (χ0v) is 18.7. The number of hydrogen-bond acceptors (Lipinski definition) is 4. The van der Waals surface area contributed by atoms with E-state index in [4.69, 9.17) is 0 Å². The van der Waals surface area contributed by atoms with Crippen LogP contribution in [0.5, 0.6) is 0 Å². The van der Waals surface area contributed by atoms with Crippen molar-refractivity contribution in [3.8, 4) is 0 Å². The van der Waals surface area contributed by atoms with Crippen LogP contribution in [0.1, 0.15) is 37.9 Å². The maximum absolute atomic E-state index is 13.8. The molecule has 1 aromatic heterocycles. The van der Waals surface area contributed by atoms with Gasteiger partial charge in [0.25, 0.3) is 0 Å². The second kappa shape index (κ2) is 8.51. The second-order valence-electron chi connectivity index (χ2n) is 8.41. The Hall–Kier alpha value is -2.70. The quantitative estimate of drug-likeness (QED) is 0.525. The SMILES string of the molecule is CC(C)([C@@H]1CCN(c2ccc(C(F)(F)F)nc2)C(=O)C1)S(=O)(=O)c1cc(F)cc(C(F)(F)F)c1. The number of piperidine rings is 1. The van der Waals surface area contributed by atoms with Crippen LogP contribution < -0.4 is 4.90 Å². The van der Waals surface area contributed by atoms with Crippen molar-refractivity contribution in [2.75, 3.05) is 11.4 Å². The van der Waals surface area contributed by atoms with Crippen LogP contribution in [-0.2, 0) is 27.0 Å². The Labute approximate surface area is 190 Å². The fourth-order valence-corrected chi connectivity index (χ4v) is 5.61. The third-order valence-corrected chi connectivity index (χ3v) is 8.53. The summed E-state index contributed by atoms with van der Waals surface area (Å²) in [5, 5.41) is 0. The first kappa shape index (κ1) is 25.9. The fraction of sp³-hybridized carbons (Fsp3) is 0.429. The summed E-state index contributed by atoms with van der Waals surface area (Å²) in [6, 6.07) is 2.82. The molecule has 1 aliphatic rings. The van der Waals surface area contributed by atoms with Gasteiger partial charge >= 0.3 is 12.4 Å². The molecule has 34 heavy (non-hydrogen) atoms. The van der Waals surface area contributed by atoms with Crippen LogP contribution in [0.3, 0.4) is 0 Å². The minimum absolute atomic E-state index is 0.0492. The van der Waals surface area contributed by atoms with E-state index < -0.39 is 60.7 Å². The summed E-state index contributed by atoms with van der Waals surface area (Å²) >= 11 is 0. The van der Waals surface area contributed by atoms with Crippen molar-refractivity contribution in [3.63, 3.8) is 0 Å². The molecule has 0 saturated carbocycles. The van der Waals surface area contributed by atoms with Gasteiger partial charge in [-0.15, -0.1) is 0 Å². The third-order valence-electron chi connectivity index (χ3n) is 5.96. The Morgan fingerprint density at radius 3 is 2.15 bits per heavy atom. The summed E-state index contributed by atoms with van der Waals surface area (Å²) in [7, 11) is -4.52. The van der Waals surface area contributed by atoms with Crippen molar-refractivity contribution >= 4 is 21.4 Å². The molecule has 1 fully saturated rings. The third kappa shape index (κ3) is 4.89. The van der Waals surface area contributed by atoms with Crippen LogP contribution >= 0.6 is 0 Å². The summed E-state index contributed by atoms with van der Waals surface area (Å²) in [6.45, 7) is 2.44. The number of sulfone groups is 1. The van der Waals surface area contributed by atoms with E-state index in [0.717, 1.165) is 17.2 Å². The summed E-state index contributed by atoms with van der Waals surface area (Å²) < 4.78 is 116. The summed E-state index contributed by atoms with van der Waals surface area (Å²) in [5.41, 5.74) is -2.50. The normalized spacial score (nSPS) is 18.3. The number of nitrogens with zero attached hydrogens (tertiary/aromatic N) is 2. The molecule has 1 saturated heterocycles. The number of alkyl halides is 6. The zero-order chi connectivity index (χ0) is 25.7. The number of rotatable bonds is 4. The topological polar surface area (TPSA) is 67.3 Å². The Morgan fingerprint density at radius 1 is 1.00 bits per heavy atom. The smallest absolute Gasteiger partial charge is 0.311 e. The molecule has 2 heterocycles. The highest BCUT2D eigenvalue weighted by atomic mass is 32.2. The number of carbonyl (C=O) groups is 1. The summed E-state index contributed by atoms with van der Waals surface area (Å²) in [6.07, 6.45) is -8.99. The van der Waals surface area contributed by atoms with Crippen LogP contribution in [0.15, 0.2) is 41.4 Å². The lowest BCUT2D eigenvalue weighted by Gasteiger charge is -2.39. The molecule has 1 aromatic carbocycles. The number of anilines is 1. The number of amides is 1. The standard InChI is InChI=1S/C21H19F7N2O3S/c1-19(2,34(32,33)16-8-13(20(23,24)25)7-14(22)10-16)12-5-6-30(18(31)9-12)15-3-4-17(29-11-15)21(26,27)28/h3-4,7-8,10-12H,5-6,9H2,1-2H3/t12-/m1/s1. The number of aromatic nitrogens is 1. The van der Waals surface area contributed by atoms with Gasteiger partial charge in [-0.2, -0.15) is 26.3 Å². The van der Waals surface area contributed by atoms with E-state index >= 15 is 0 Å². The molecule has 3 rings (SSSR count). The van der Waals surface area contributed by atoms with Gasteiger partial charge in [0.2, 0.25) is 5.91 Å². The van der Waals surface area contributed by atoms with Gasteiger partial charge in [0.1, 0.15) is 11.5 Å². The van der Waals surface area contributed by atoms with Crippen molar-refractivity contribution in [2.24, 2.45) is 5.92 Å². The molecule has 0 spiro atoms. The molecule has 13 heteroatoms. The van der Waals surface area contributed by atoms with Crippen LogP contribution in [0, 0.1) is 11.7 Å². The fourth-order valence-electron chi connectivity index (χ4n) is 3.82. The van der Waals surface area contributed by atoms with Gasteiger partial charge in [0.15, 0.2) is 9.84 Å². The molecule has 2 aromatic rings. The van der Waals surface area contributed by atoms with E-state index in [-0.39, 0.29) is 31.1 Å². The molecule has 5 nitrogen and oxygen atoms in total. The lowest BCUT2D eigenvalue weighted by atomic mass is 9.85. The number of hydrogen-bond donors (Lipinski definition) is 0. The first-order chi connectivity index (χ1) is 15.4. The average molecular weight is 512 g/mol. The highest BCUT2D eigenvalue weighted by Crippen LogP contribution is 2.41.